The van der Waals surface area contributed by atoms with Gasteiger partial charge in [-0.2, -0.15) is 0 Å². The second-order valence-electron chi connectivity index (χ2n) is 52.6. The zero-order valence-electron chi connectivity index (χ0n) is 88.9. The Hall–Kier alpha value is -12.7. The Morgan fingerprint density at radius 3 is 0.851 bits per heavy atom. The van der Waals surface area contributed by atoms with E-state index in [0.29, 0.717) is 5.92 Å². The van der Waals surface area contributed by atoms with E-state index in [0.717, 1.165) is 83.9 Å². The molecule has 12 aliphatic carbocycles. The molecule has 9 heterocycles. The summed E-state index contributed by atoms with van der Waals surface area (Å²) in [6.07, 6.45) is 23.3. The van der Waals surface area contributed by atoms with Crippen LogP contribution in [0.1, 0.15) is 259 Å². The monoisotopic (exact) mass is 1920 g/mol. The molecule has 9 aliphatic heterocycles. The van der Waals surface area contributed by atoms with Crippen LogP contribution in [0.15, 0.2) is 309 Å². The quantitative estimate of drug-likeness (QED) is 0.153. The number of benzene rings is 15. The predicted octanol–water partition coefficient (Wildman–Crippen LogP) is 29.6. The first-order chi connectivity index (χ1) is 71.9. The van der Waals surface area contributed by atoms with Crippen molar-refractivity contribution in [3.05, 3.63) is 376 Å². The molecule has 6 nitrogen and oxygen atoms in total. The smallest absolute Gasteiger partial charge is 0.252 e. The van der Waals surface area contributed by atoms with Crippen LogP contribution >= 0.6 is 0 Å². The molecule has 0 aromatic heterocycles. The highest BCUT2D eigenvalue weighted by atomic mass is 15.2. The molecule has 0 radical (unpaired) electrons. The summed E-state index contributed by atoms with van der Waals surface area (Å²) < 4.78 is 0. The number of rotatable bonds is 6. The van der Waals surface area contributed by atoms with Crippen LogP contribution in [0.4, 0.5) is 102 Å². The third kappa shape index (κ3) is 12.1. The second-order valence-corrected chi connectivity index (χ2v) is 52.6. The normalized spacial score (nSPS) is 26.4. The highest BCUT2D eigenvalue weighted by Gasteiger charge is 2.68. The fourth-order valence-corrected chi connectivity index (χ4v) is 36.7. The van der Waals surface area contributed by atoms with Gasteiger partial charge in [0, 0.05) is 102 Å². The Morgan fingerprint density at radius 1 is 0.236 bits per heavy atom. The van der Waals surface area contributed by atoms with E-state index < -0.39 is 0 Å². The Labute approximate surface area is 879 Å². The number of anilines is 18. The first kappa shape index (κ1) is 89.3. The predicted molar refractivity (Wildman–Crippen MR) is 624 cm³/mol. The van der Waals surface area contributed by atoms with Crippen LogP contribution in [-0.2, 0) is 45.3 Å². The molecule has 21 aliphatic rings. The molecule has 12 fully saturated rings. The van der Waals surface area contributed by atoms with Gasteiger partial charge >= 0.3 is 0 Å². The second kappa shape index (κ2) is 31.7. The van der Waals surface area contributed by atoms with E-state index in [4.69, 9.17) is 0 Å². The maximum absolute atomic E-state index is 2.71. The molecular weight excluding hydrogens is 1790 g/mol. The maximum atomic E-state index is 2.71. The number of hydrogen-bond donors (Lipinski definition) is 0. The summed E-state index contributed by atoms with van der Waals surface area (Å²) in [5, 5.41) is 0. The molecule has 0 N–H and O–H groups in total. The van der Waals surface area contributed by atoms with Gasteiger partial charge in [-0.15, -0.1) is 0 Å². The molecule has 36 rings (SSSR count). The first-order valence-electron chi connectivity index (χ1n) is 57.5. The molecule has 9 heteroatoms. The van der Waals surface area contributed by atoms with Crippen LogP contribution in [0.3, 0.4) is 0 Å². The standard InChI is InChI=1S/C47H47BN2.2C46H45BN2/c1-28(2)31-19-20-38-43(26-31)49(35-12-8-11-32(27-35)46(3,4)5)41-17-10-18-42-44(41)48(38)39-15-9-14-37-45(39)50(42)40-16-7-6-13-36(40)47(37)33-22-29-21-30(24-33)25-34(47)23-29;1-5-28-19-20-37-42(26-28)48(34-12-8-11-31(27-34)45(2,3)4)40-17-10-18-41-43(40)47(37)38-15-9-14-36-44(38)49(41)39-16-7-6-13-35(39)46(36)32-22-29-21-30(24-32)25-33(46)23-29;1-5-28-19-20-40-38(26-28)47-37-15-9-14-36-44(37)49(39-16-7-6-13-35(39)46(36)32-22-29-21-30(24-32)25-33(46)23-29)42-18-10-17-41(43(42)47)48(40)34-12-8-11-31(27-34)45(2,3)4/h6-20,26-30,33-34H,21-25H2,1-5H3;2*6-20,26-27,29-30,32-33H,5,21-25H2,1-4H3. The van der Waals surface area contributed by atoms with Crippen molar-refractivity contribution in [1.29, 1.82) is 0 Å². The number of para-hydroxylation sites is 6. The lowest BCUT2D eigenvalue weighted by molar-refractivity contribution is -0.0419. The van der Waals surface area contributed by atoms with Crippen LogP contribution in [0, 0.1) is 71.0 Å². The largest absolute Gasteiger partial charge is 0.311 e. The molecule has 0 saturated heterocycles. The minimum atomic E-state index is 0.0633. The Morgan fingerprint density at radius 2 is 0.514 bits per heavy atom. The lowest BCUT2D eigenvalue weighted by atomic mass is 9.32. The average molecular weight is 1920 g/mol. The van der Waals surface area contributed by atoms with E-state index >= 15 is 0 Å². The summed E-state index contributed by atoms with van der Waals surface area (Å²) in [5.74, 6) is 10.5. The summed E-state index contributed by atoms with van der Waals surface area (Å²) in [7, 11) is 0. The van der Waals surface area contributed by atoms with E-state index in [9.17, 15) is 0 Å². The third-order valence-corrected chi connectivity index (χ3v) is 42.0. The Balaban J connectivity index is 0.000000100. The van der Waals surface area contributed by atoms with Gasteiger partial charge in [0.1, 0.15) is 0 Å². The third-order valence-electron chi connectivity index (χ3n) is 42.0. The van der Waals surface area contributed by atoms with Gasteiger partial charge in [-0.25, -0.2) is 0 Å². The number of fused-ring (bicyclic) bond motifs is 18. The fraction of sp³-hybridized carbons (Fsp3) is 0.353. The van der Waals surface area contributed by atoms with Gasteiger partial charge in [0.05, 0.1) is 17.1 Å². The van der Waals surface area contributed by atoms with Crippen LogP contribution < -0.4 is 78.6 Å². The zero-order valence-corrected chi connectivity index (χ0v) is 88.9. The molecule has 15 aromatic rings. The van der Waals surface area contributed by atoms with Gasteiger partial charge in [0.15, 0.2) is 0 Å². The first-order valence-corrected chi connectivity index (χ1v) is 57.5. The fourth-order valence-electron chi connectivity index (χ4n) is 36.7. The molecule has 12 saturated carbocycles. The Bertz CT molecular complexity index is 8060. The van der Waals surface area contributed by atoms with Crippen LogP contribution in [-0.4, -0.2) is 20.1 Å². The van der Waals surface area contributed by atoms with Crippen LogP contribution in [0.25, 0.3) is 0 Å². The average Bonchev–Trinajstić information content (AvgIpc) is 0.667. The van der Waals surface area contributed by atoms with Crippen molar-refractivity contribution in [1.82, 2.24) is 0 Å². The van der Waals surface area contributed by atoms with Gasteiger partial charge in [-0.3, -0.25) is 0 Å². The van der Waals surface area contributed by atoms with Gasteiger partial charge in [0.2, 0.25) is 0 Å². The molecule has 0 unspecified atom stereocenters. The summed E-state index contributed by atoms with van der Waals surface area (Å²) in [6.45, 7) is 30.7. The molecule has 0 atom stereocenters. The van der Waals surface area contributed by atoms with Crippen molar-refractivity contribution < 1.29 is 0 Å². The highest BCUT2D eigenvalue weighted by molar-refractivity contribution is 7.02. The molecule has 15 aromatic carbocycles. The lowest BCUT2D eigenvalue weighted by Crippen LogP contribution is -2.64. The minimum Gasteiger partial charge on any atom is -0.311 e. The van der Waals surface area contributed by atoms with Crippen molar-refractivity contribution >= 4 is 172 Å². The number of aryl methyl sites for hydroxylation is 2. The van der Waals surface area contributed by atoms with E-state index in [2.05, 4.69) is 429 Å². The topological polar surface area (TPSA) is 19.4 Å². The van der Waals surface area contributed by atoms with E-state index in [-0.39, 0.29) is 52.6 Å². The van der Waals surface area contributed by atoms with Gasteiger partial charge in [-0.05, 0) is 427 Å². The summed E-state index contributed by atoms with van der Waals surface area (Å²) in [6, 6.07) is 123. The van der Waals surface area contributed by atoms with Crippen molar-refractivity contribution in [2.24, 2.45) is 71.0 Å². The summed E-state index contributed by atoms with van der Waals surface area (Å²) in [4.78, 5) is 15.9. The molecule has 732 valence electrons. The SMILES string of the molecule is CC(C)c1ccc2c(c1)N(c1cccc(C(C)(C)C)c1)c1cccc3c1B2c1cccc2c1N3c1ccccc1C21C2CC3CC(C2)CC1C3.CCc1ccc2c(c1)B1c3cccc4c3N(c3ccccc3C43C4CC5CC(C4)CC3C5)c3cccc(c31)N2c1cccc(C(C)(C)C)c1.CCc1ccc2c(c1)N(c1cccc(C(C)(C)C)c1)c1cccc3c1B2c1cccc2c1N3c1ccccc1C21C2CC3CC(C2)CC1C3. The van der Waals surface area contributed by atoms with Crippen molar-refractivity contribution in [2.75, 3.05) is 29.4 Å². The number of hydrogen-bond acceptors (Lipinski definition) is 6. The van der Waals surface area contributed by atoms with E-state index in [1.54, 1.807) is 33.4 Å². The van der Waals surface area contributed by atoms with E-state index in [1.807, 2.05) is 0 Å². The Kier molecular flexibility index (Phi) is 19.1. The highest BCUT2D eigenvalue weighted by Crippen LogP contribution is 2.75. The zero-order chi connectivity index (χ0) is 99.3. The molecule has 0 amide bonds. The molecule has 12 bridgehead atoms. The van der Waals surface area contributed by atoms with Crippen LogP contribution in [0.5, 0.6) is 0 Å². The molecule has 148 heavy (non-hydrogen) atoms. The molecular formula is C139H137B3N6. The summed E-state index contributed by atoms with van der Waals surface area (Å²) >= 11 is 0. The van der Waals surface area contributed by atoms with E-state index in [1.165, 1.54) is 281 Å². The lowest BCUT2D eigenvalue weighted by Gasteiger charge is -2.64. The summed E-state index contributed by atoms with van der Waals surface area (Å²) in [5.41, 5.74) is 56.2. The van der Waals surface area contributed by atoms with Gasteiger partial charge < -0.3 is 29.4 Å². The molecule has 3 spiro atoms. The van der Waals surface area contributed by atoms with Crippen molar-refractivity contribution in [2.45, 2.75) is 238 Å². The van der Waals surface area contributed by atoms with Gasteiger partial charge in [-0.1, -0.05) is 290 Å². The van der Waals surface area contributed by atoms with Crippen molar-refractivity contribution in [3.63, 3.8) is 0 Å². The van der Waals surface area contributed by atoms with Gasteiger partial charge in [0.25, 0.3) is 20.1 Å². The minimum absolute atomic E-state index is 0.0633. The number of nitrogens with zero attached hydrogens (tertiary/aromatic N) is 6. The maximum Gasteiger partial charge on any atom is 0.252 e. The van der Waals surface area contributed by atoms with Crippen LogP contribution in [0.2, 0.25) is 0 Å². The van der Waals surface area contributed by atoms with Crippen molar-refractivity contribution in [3.8, 4) is 0 Å².